The highest BCUT2D eigenvalue weighted by Gasteiger charge is 2.21. The average Bonchev–Trinajstić information content (AvgIpc) is 2.66. The number of nitrogens with two attached hydrogens (primary N) is 1. The van der Waals surface area contributed by atoms with Gasteiger partial charge in [0.1, 0.15) is 5.82 Å². The number of nitrogens with zero attached hydrogens (tertiary/aromatic N) is 1. The zero-order valence-corrected chi connectivity index (χ0v) is 15.4. The van der Waals surface area contributed by atoms with Gasteiger partial charge in [-0.15, -0.1) is 0 Å². The number of hydrogen-bond acceptors (Lipinski definition) is 6. The Morgan fingerprint density at radius 3 is 2.52 bits per heavy atom. The number of rotatable bonds is 5. The van der Waals surface area contributed by atoms with E-state index in [1.54, 1.807) is 4.98 Å². The number of hydrogen-bond donors (Lipinski definition) is 4. The molecular weight excluding hydrogens is 405 g/mol. The highest BCUT2D eigenvalue weighted by atomic mass is 32.2. The zero-order chi connectivity index (χ0) is 21.2. The van der Waals surface area contributed by atoms with Gasteiger partial charge in [0.25, 0.3) is 21.5 Å². The number of para-hydroxylation sites is 1. The molecule has 0 aliphatic rings. The molecule has 2 aromatic carbocycles. The first-order valence-corrected chi connectivity index (χ1v) is 9.46. The van der Waals surface area contributed by atoms with Crippen molar-refractivity contribution in [2.45, 2.75) is 4.90 Å². The van der Waals surface area contributed by atoms with E-state index in [0.29, 0.717) is 5.01 Å². The second-order valence-electron chi connectivity index (χ2n) is 5.75. The number of hydrazine groups is 1. The van der Waals surface area contributed by atoms with Crippen molar-refractivity contribution in [3.8, 4) is 0 Å². The van der Waals surface area contributed by atoms with Gasteiger partial charge in [0.15, 0.2) is 4.90 Å². The number of H-pyrrole nitrogens is 2. The fourth-order valence-electron chi connectivity index (χ4n) is 2.42. The number of aromatic nitrogens is 2. The van der Waals surface area contributed by atoms with Crippen LogP contribution >= 0.6 is 0 Å². The van der Waals surface area contributed by atoms with Gasteiger partial charge in [-0.05, 0) is 30.3 Å². The monoisotopic (exact) mass is 419 g/mol. The number of aromatic amines is 2. The number of amides is 1. The first-order valence-electron chi connectivity index (χ1n) is 7.97. The Morgan fingerprint density at radius 1 is 1.10 bits per heavy atom. The first-order chi connectivity index (χ1) is 13.7. The number of carbonyl (C=O) groups excluding carboxylic acids is 1. The van der Waals surface area contributed by atoms with Gasteiger partial charge in [-0.3, -0.25) is 19.3 Å². The van der Waals surface area contributed by atoms with E-state index >= 15 is 0 Å². The molecule has 0 atom stereocenters. The molecule has 12 heteroatoms. The molecule has 1 amide bonds. The van der Waals surface area contributed by atoms with E-state index in [1.807, 2.05) is 0 Å². The lowest BCUT2D eigenvalue weighted by atomic mass is 10.2. The van der Waals surface area contributed by atoms with Crippen LogP contribution in [0.25, 0.3) is 0 Å². The van der Waals surface area contributed by atoms with Gasteiger partial charge >= 0.3 is 5.69 Å². The summed E-state index contributed by atoms with van der Waals surface area (Å²) < 4.78 is 40.8. The predicted octanol–water partition coefficient (Wildman–Crippen LogP) is 0.524. The van der Waals surface area contributed by atoms with Gasteiger partial charge in [-0.2, -0.15) is 0 Å². The topological polar surface area (TPSA) is 158 Å². The SMILES string of the molecule is NN(C(=O)c1cccc(NS(=O)(=O)c2c[nH]c(=O)[nH]c2=O)c1)c1ccccc1F. The molecule has 0 spiro atoms. The Kier molecular flexibility index (Phi) is 5.30. The van der Waals surface area contributed by atoms with Gasteiger partial charge in [-0.25, -0.2) is 28.5 Å². The molecule has 0 aliphatic carbocycles. The normalized spacial score (nSPS) is 11.1. The number of sulfonamides is 1. The predicted molar refractivity (Wildman–Crippen MR) is 102 cm³/mol. The lowest BCUT2D eigenvalue weighted by Crippen LogP contribution is -2.38. The van der Waals surface area contributed by atoms with Crippen molar-refractivity contribution >= 4 is 27.3 Å². The summed E-state index contributed by atoms with van der Waals surface area (Å²) in [5.74, 6) is 4.20. The van der Waals surface area contributed by atoms with Crippen molar-refractivity contribution in [1.29, 1.82) is 0 Å². The maximum Gasteiger partial charge on any atom is 0.325 e. The third-order valence-electron chi connectivity index (χ3n) is 3.77. The van der Waals surface area contributed by atoms with Gasteiger partial charge in [0.05, 0.1) is 5.69 Å². The second-order valence-corrected chi connectivity index (χ2v) is 7.40. The summed E-state index contributed by atoms with van der Waals surface area (Å²) in [5, 5.41) is 0.593. The van der Waals surface area contributed by atoms with Gasteiger partial charge in [0.2, 0.25) is 0 Å². The highest BCUT2D eigenvalue weighted by molar-refractivity contribution is 7.92. The van der Waals surface area contributed by atoms with Crippen LogP contribution in [0.15, 0.2) is 69.2 Å². The van der Waals surface area contributed by atoms with Crippen LogP contribution in [-0.2, 0) is 10.0 Å². The number of nitrogens with one attached hydrogen (secondary N) is 3. The number of benzene rings is 2. The molecule has 0 bridgehead atoms. The molecule has 10 nitrogen and oxygen atoms in total. The van der Waals surface area contributed by atoms with Crippen LogP contribution < -0.4 is 26.8 Å². The van der Waals surface area contributed by atoms with E-state index in [1.165, 1.54) is 42.5 Å². The maximum atomic E-state index is 13.8. The first kappa shape index (κ1) is 20.0. The number of carbonyl (C=O) groups is 1. The van der Waals surface area contributed by atoms with Crippen molar-refractivity contribution in [2.24, 2.45) is 5.84 Å². The minimum absolute atomic E-state index is 0.0358. The molecular formula is C17H14FN5O5S. The summed E-state index contributed by atoms with van der Waals surface area (Å²) >= 11 is 0. The fourth-order valence-corrected chi connectivity index (χ4v) is 3.47. The van der Waals surface area contributed by atoms with E-state index in [-0.39, 0.29) is 16.9 Å². The van der Waals surface area contributed by atoms with Crippen molar-refractivity contribution < 1.29 is 17.6 Å². The van der Waals surface area contributed by atoms with Crippen LogP contribution in [0.4, 0.5) is 15.8 Å². The van der Waals surface area contributed by atoms with E-state index < -0.39 is 37.9 Å². The molecule has 0 radical (unpaired) electrons. The third kappa shape index (κ3) is 4.23. The third-order valence-corrected chi connectivity index (χ3v) is 5.15. The highest BCUT2D eigenvalue weighted by Crippen LogP contribution is 2.20. The number of halogens is 1. The van der Waals surface area contributed by atoms with Crippen LogP contribution in [-0.4, -0.2) is 24.3 Å². The second kappa shape index (κ2) is 7.69. The minimum atomic E-state index is -4.36. The van der Waals surface area contributed by atoms with Crippen LogP contribution in [0.1, 0.15) is 10.4 Å². The largest absolute Gasteiger partial charge is 0.325 e. The Morgan fingerprint density at radius 2 is 1.83 bits per heavy atom. The molecule has 1 aromatic heterocycles. The lowest BCUT2D eigenvalue weighted by Gasteiger charge is -2.17. The Labute approximate surface area is 162 Å². The number of anilines is 2. The minimum Gasteiger partial charge on any atom is -0.313 e. The zero-order valence-electron chi connectivity index (χ0n) is 14.5. The van der Waals surface area contributed by atoms with Gasteiger partial charge in [0, 0.05) is 17.4 Å². The standard InChI is InChI=1S/C17H14FN5O5S/c18-12-6-1-2-7-13(12)23(19)16(25)10-4-3-5-11(8-10)22-29(27,28)14-9-20-17(26)21-15(14)24/h1-9,22H,19H2,(H2,20,21,24,26). The summed E-state index contributed by atoms with van der Waals surface area (Å²) in [7, 11) is -4.36. The molecule has 0 unspecified atom stereocenters. The van der Waals surface area contributed by atoms with E-state index in [0.717, 1.165) is 12.3 Å². The van der Waals surface area contributed by atoms with Gasteiger partial charge < -0.3 is 4.98 Å². The van der Waals surface area contributed by atoms with Crippen molar-refractivity contribution in [1.82, 2.24) is 9.97 Å². The molecule has 3 rings (SSSR count). The van der Waals surface area contributed by atoms with Crippen molar-refractivity contribution in [3.63, 3.8) is 0 Å². The lowest BCUT2D eigenvalue weighted by molar-refractivity contribution is 0.0986. The fraction of sp³-hybridized carbons (Fsp3) is 0. The maximum absolute atomic E-state index is 13.8. The van der Waals surface area contributed by atoms with Crippen LogP contribution in [0, 0.1) is 5.82 Å². The average molecular weight is 419 g/mol. The van der Waals surface area contributed by atoms with E-state index in [2.05, 4.69) is 9.71 Å². The Bertz CT molecular complexity index is 1300. The molecule has 1 heterocycles. The smallest absolute Gasteiger partial charge is 0.313 e. The summed E-state index contributed by atoms with van der Waals surface area (Å²) in [6, 6.07) is 10.6. The molecule has 5 N–H and O–H groups in total. The van der Waals surface area contributed by atoms with Crippen LogP contribution in [0.5, 0.6) is 0 Å². The van der Waals surface area contributed by atoms with Crippen LogP contribution in [0.3, 0.4) is 0 Å². The van der Waals surface area contributed by atoms with Crippen LogP contribution in [0.2, 0.25) is 0 Å². The molecule has 0 saturated carbocycles. The quantitative estimate of drug-likeness (QED) is 0.268. The molecule has 150 valence electrons. The summed E-state index contributed by atoms with van der Waals surface area (Å²) in [6.45, 7) is 0. The molecule has 0 saturated heterocycles. The van der Waals surface area contributed by atoms with E-state index in [9.17, 15) is 27.2 Å². The summed E-state index contributed by atoms with van der Waals surface area (Å²) in [5.41, 5.74) is -2.23. The molecule has 29 heavy (non-hydrogen) atoms. The summed E-state index contributed by atoms with van der Waals surface area (Å²) in [4.78, 5) is 38.4. The van der Waals surface area contributed by atoms with Crippen molar-refractivity contribution in [2.75, 3.05) is 9.73 Å². The van der Waals surface area contributed by atoms with Gasteiger partial charge in [-0.1, -0.05) is 18.2 Å². The van der Waals surface area contributed by atoms with E-state index in [4.69, 9.17) is 5.84 Å². The Balaban J connectivity index is 1.89. The molecule has 3 aromatic rings. The molecule has 0 aliphatic heterocycles. The molecule has 0 fully saturated rings. The van der Waals surface area contributed by atoms with Crippen molar-refractivity contribution in [3.05, 3.63) is 86.9 Å². The Hall–Kier alpha value is -3.77. The summed E-state index contributed by atoms with van der Waals surface area (Å²) in [6.07, 6.45) is 0.748.